The van der Waals surface area contributed by atoms with Gasteiger partial charge in [0.05, 0.1) is 10.7 Å². The molecule has 6 N–H and O–H groups in total. The summed E-state index contributed by atoms with van der Waals surface area (Å²) >= 11 is 5.94. The van der Waals surface area contributed by atoms with Crippen LogP contribution in [0, 0.1) is 0 Å². The zero-order valence-electron chi connectivity index (χ0n) is 9.81. The van der Waals surface area contributed by atoms with E-state index < -0.39 is 0 Å². The molecular weight excluding hydrogens is 264 g/mol. The minimum atomic E-state index is 0.0267. The molecule has 0 fully saturated rings. The van der Waals surface area contributed by atoms with Crippen molar-refractivity contribution in [2.75, 3.05) is 11.5 Å². The van der Waals surface area contributed by atoms with Crippen molar-refractivity contribution in [3.05, 3.63) is 35.4 Å². The maximum atomic E-state index is 9.95. The molecule has 0 heterocycles. The Bertz CT molecular complexity index is 831. The average molecular weight is 275 g/mol. The second-order valence-electron chi connectivity index (χ2n) is 4.41. The number of rotatable bonds is 0. The van der Waals surface area contributed by atoms with Crippen LogP contribution in [0.5, 0.6) is 11.5 Å². The quantitative estimate of drug-likeness (QED) is 0.288. The lowest BCUT2D eigenvalue weighted by Gasteiger charge is -2.11. The monoisotopic (exact) mass is 274 g/mol. The van der Waals surface area contributed by atoms with Crippen LogP contribution in [-0.2, 0) is 0 Å². The second-order valence-corrected chi connectivity index (χ2v) is 4.82. The van der Waals surface area contributed by atoms with E-state index in [-0.39, 0.29) is 16.5 Å². The van der Waals surface area contributed by atoms with E-state index in [1.54, 1.807) is 18.2 Å². The molecule has 0 aromatic heterocycles. The number of aromatic hydroxyl groups is 2. The molecule has 0 amide bonds. The van der Waals surface area contributed by atoms with Gasteiger partial charge in [0.25, 0.3) is 0 Å². The summed E-state index contributed by atoms with van der Waals surface area (Å²) in [6.45, 7) is 0. The van der Waals surface area contributed by atoms with Gasteiger partial charge in [0.2, 0.25) is 0 Å². The molecule has 96 valence electrons. The Balaban J connectivity index is 2.60. The number of hydrogen-bond acceptors (Lipinski definition) is 4. The summed E-state index contributed by atoms with van der Waals surface area (Å²) in [6, 6.07) is 7.90. The average Bonchev–Trinajstić information content (AvgIpc) is 2.39. The summed E-state index contributed by atoms with van der Waals surface area (Å²) < 4.78 is 0. The normalized spacial score (nSPS) is 11.2. The van der Waals surface area contributed by atoms with Gasteiger partial charge in [0.15, 0.2) is 0 Å². The Kier molecular flexibility index (Phi) is 2.37. The molecule has 0 bridgehead atoms. The van der Waals surface area contributed by atoms with Crippen molar-refractivity contribution in [1.82, 2.24) is 0 Å². The van der Waals surface area contributed by atoms with E-state index in [0.717, 1.165) is 0 Å². The minimum Gasteiger partial charge on any atom is -0.507 e. The molecule has 3 aromatic carbocycles. The molecule has 0 aliphatic rings. The highest BCUT2D eigenvalue weighted by molar-refractivity contribution is 6.35. The number of hydrogen-bond donors (Lipinski definition) is 4. The van der Waals surface area contributed by atoms with Gasteiger partial charge in [-0.2, -0.15) is 0 Å². The van der Waals surface area contributed by atoms with E-state index in [4.69, 9.17) is 23.1 Å². The first-order valence-corrected chi connectivity index (χ1v) is 5.98. The number of nitrogens with two attached hydrogens (primary N) is 2. The SMILES string of the molecule is Nc1ccc(O)c2cc3c(N)c(Cl)cc(O)c3cc12. The van der Waals surface area contributed by atoms with Gasteiger partial charge in [-0.05, 0) is 24.3 Å². The number of phenolic OH excluding ortho intramolecular Hbond substituents is 2. The van der Waals surface area contributed by atoms with Gasteiger partial charge in [-0.1, -0.05) is 11.6 Å². The van der Waals surface area contributed by atoms with Crippen LogP contribution in [0.4, 0.5) is 11.4 Å². The molecule has 0 aliphatic heterocycles. The van der Waals surface area contributed by atoms with Crippen LogP contribution in [0.2, 0.25) is 5.02 Å². The Morgan fingerprint density at radius 1 is 0.789 bits per heavy atom. The predicted molar refractivity (Wildman–Crippen MR) is 78.6 cm³/mol. The summed E-state index contributed by atoms with van der Waals surface area (Å²) in [5.41, 5.74) is 12.7. The zero-order chi connectivity index (χ0) is 13.7. The molecule has 5 heteroatoms. The number of benzene rings is 3. The molecule has 3 rings (SSSR count). The van der Waals surface area contributed by atoms with Crippen molar-refractivity contribution in [3.63, 3.8) is 0 Å². The predicted octanol–water partition coefficient (Wildman–Crippen LogP) is 3.22. The standard InChI is InChI=1S/C14H11ClN2O2/c15-10-5-13(19)8-3-6-7(4-9(8)14(10)17)12(18)2-1-11(6)16/h1-5,18-19H,16-17H2. The molecule has 4 nitrogen and oxygen atoms in total. The minimum absolute atomic E-state index is 0.0267. The molecule has 0 saturated carbocycles. The van der Waals surface area contributed by atoms with Crippen molar-refractivity contribution in [2.45, 2.75) is 0 Å². The maximum Gasteiger partial charge on any atom is 0.125 e. The summed E-state index contributed by atoms with van der Waals surface area (Å²) in [7, 11) is 0. The Morgan fingerprint density at radius 2 is 1.42 bits per heavy atom. The Hall–Kier alpha value is -2.33. The first-order chi connectivity index (χ1) is 8.99. The summed E-state index contributed by atoms with van der Waals surface area (Å²) in [5, 5.41) is 22.5. The first kappa shape index (κ1) is 11.7. The lowest BCUT2D eigenvalue weighted by molar-refractivity contribution is 0.480. The van der Waals surface area contributed by atoms with Crippen LogP contribution in [0.3, 0.4) is 0 Å². The van der Waals surface area contributed by atoms with Gasteiger partial charge < -0.3 is 21.7 Å². The van der Waals surface area contributed by atoms with Crippen LogP contribution in [0.25, 0.3) is 21.5 Å². The third kappa shape index (κ3) is 1.61. The summed E-state index contributed by atoms with van der Waals surface area (Å²) in [4.78, 5) is 0. The van der Waals surface area contributed by atoms with Crippen molar-refractivity contribution in [3.8, 4) is 11.5 Å². The van der Waals surface area contributed by atoms with Crippen molar-refractivity contribution in [1.29, 1.82) is 0 Å². The fourth-order valence-corrected chi connectivity index (χ4v) is 2.44. The number of anilines is 2. The van der Waals surface area contributed by atoms with E-state index >= 15 is 0 Å². The zero-order valence-corrected chi connectivity index (χ0v) is 10.6. The Morgan fingerprint density at radius 3 is 2.16 bits per heavy atom. The molecular formula is C14H11ClN2O2. The summed E-state index contributed by atoms with van der Waals surface area (Å²) in [6.07, 6.45) is 0. The Labute approximate surface area is 113 Å². The van der Waals surface area contributed by atoms with E-state index in [1.807, 2.05) is 0 Å². The van der Waals surface area contributed by atoms with Gasteiger partial charge in [-0.15, -0.1) is 0 Å². The highest BCUT2D eigenvalue weighted by Gasteiger charge is 2.12. The molecule has 0 unspecified atom stereocenters. The fourth-order valence-electron chi connectivity index (χ4n) is 2.24. The van der Waals surface area contributed by atoms with Gasteiger partial charge in [-0.3, -0.25) is 0 Å². The number of phenols is 2. The van der Waals surface area contributed by atoms with Crippen LogP contribution in [0.15, 0.2) is 30.3 Å². The summed E-state index contributed by atoms with van der Waals surface area (Å²) in [5.74, 6) is 0.129. The number of nitrogen functional groups attached to an aromatic ring is 2. The highest BCUT2D eigenvalue weighted by atomic mass is 35.5. The lowest BCUT2D eigenvalue weighted by atomic mass is 10.00. The number of halogens is 1. The van der Waals surface area contributed by atoms with E-state index in [1.165, 1.54) is 12.1 Å². The van der Waals surface area contributed by atoms with E-state index in [2.05, 4.69) is 0 Å². The molecule has 0 spiro atoms. The molecule has 0 radical (unpaired) electrons. The van der Waals surface area contributed by atoms with Gasteiger partial charge in [0.1, 0.15) is 11.5 Å². The van der Waals surface area contributed by atoms with Crippen molar-refractivity contribution >= 4 is 44.5 Å². The van der Waals surface area contributed by atoms with Gasteiger partial charge >= 0.3 is 0 Å². The van der Waals surface area contributed by atoms with Gasteiger partial charge in [0, 0.05) is 33.3 Å². The molecule has 19 heavy (non-hydrogen) atoms. The smallest absolute Gasteiger partial charge is 0.125 e. The highest BCUT2D eigenvalue weighted by Crippen LogP contribution is 2.40. The molecule has 0 aliphatic carbocycles. The topological polar surface area (TPSA) is 92.5 Å². The number of fused-ring (bicyclic) bond motifs is 2. The lowest BCUT2D eigenvalue weighted by Crippen LogP contribution is -1.91. The second kappa shape index (κ2) is 3.83. The van der Waals surface area contributed by atoms with Crippen LogP contribution in [-0.4, -0.2) is 10.2 Å². The van der Waals surface area contributed by atoms with Crippen LogP contribution >= 0.6 is 11.6 Å². The van der Waals surface area contributed by atoms with Gasteiger partial charge in [-0.25, -0.2) is 0 Å². The molecule has 0 saturated heterocycles. The van der Waals surface area contributed by atoms with Crippen molar-refractivity contribution < 1.29 is 10.2 Å². The van der Waals surface area contributed by atoms with E-state index in [9.17, 15) is 10.2 Å². The first-order valence-electron chi connectivity index (χ1n) is 5.61. The van der Waals surface area contributed by atoms with Crippen LogP contribution < -0.4 is 11.5 Å². The van der Waals surface area contributed by atoms with Crippen LogP contribution in [0.1, 0.15) is 0 Å². The van der Waals surface area contributed by atoms with Crippen molar-refractivity contribution in [2.24, 2.45) is 0 Å². The molecule has 3 aromatic rings. The largest absolute Gasteiger partial charge is 0.507 e. The van der Waals surface area contributed by atoms with E-state index in [0.29, 0.717) is 32.9 Å². The third-order valence-electron chi connectivity index (χ3n) is 3.25. The third-order valence-corrected chi connectivity index (χ3v) is 3.56. The maximum absolute atomic E-state index is 9.95. The fraction of sp³-hybridized carbons (Fsp3) is 0. The molecule has 0 atom stereocenters.